The van der Waals surface area contributed by atoms with Crippen molar-refractivity contribution in [2.75, 3.05) is 34.2 Å². The first-order valence-corrected chi connectivity index (χ1v) is 9.55. The Hall–Kier alpha value is -1.10. The highest BCUT2D eigenvalue weighted by Crippen LogP contribution is 2.54. The number of hydrogen-bond acceptors (Lipinski definition) is 3. The minimum atomic E-state index is -0.178. The third-order valence-corrected chi connectivity index (χ3v) is 6.84. The number of aldehydes is 1. The molecule has 5 nitrogen and oxygen atoms in total. The smallest absolute Gasteiger partial charge is 0.319 e. The van der Waals surface area contributed by atoms with Gasteiger partial charge in [-0.3, -0.25) is 0 Å². The van der Waals surface area contributed by atoms with Crippen molar-refractivity contribution in [2.45, 2.75) is 56.9 Å². The number of carbonyl (C=O) groups excluding carboxylic acids is 2. The number of amides is 2. The van der Waals surface area contributed by atoms with E-state index in [1.807, 2.05) is 11.9 Å². The predicted octanol–water partition coefficient (Wildman–Crippen LogP) is 2.51. The molecule has 2 amide bonds. The first-order chi connectivity index (χ1) is 11.4. The van der Waals surface area contributed by atoms with E-state index in [9.17, 15) is 9.59 Å². The van der Waals surface area contributed by atoms with Crippen molar-refractivity contribution in [1.82, 2.24) is 15.1 Å². The lowest BCUT2D eigenvalue weighted by Gasteiger charge is -2.34. The molecule has 0 aromatic rings. The Kier molecular flexibility index (Phi) is 4.92. The van der Waals surface area contributed by atoms with Crippen molar-refractivity contribution in [3.8, 4) is 0 Å². The van der Waals surface area contributed by atoms with Crippen LogP contribution in [0.4, 0.5) is 4.79 Å². The van der Waals surface area contributed by atoms with Crippen LogP contribution < -0.4 is 5.32 Å². The molecule has 1 aliphatic heterocycles. The van der Waals surface area contributed by atoms with Crippen LogP contribution in [0.1, 0.15) is 51.4 Å². The minimum Gasteiger partial charge on any atom is -0.331 e. The topological polar surface area (TPSA) is 52.7 Å². The summed E-state index contributed by atoms with van der Waals surface area (Å²) in [7, 11) is 5.61. The van der Waals surface area contributed by atoms with Crippen molar-refractivity contribution in [3.05, 3.63) is 0 Å². The van der Waals surface area contributed by atoms with E-state index in [1.165, 1.54) is 38.4 Å². The van der Waals surface area contributed by atoms with Gasteiger partial charge in [-0.2, -0.15) is 0 Å². The second-order valence-electron chi connectivity index (χ2n) is 8.73. The average Bonchev–Trinajstić information content (AvgIpc) is 3.06. The molecule has 0 aromatic carbocycles. The molecule has 0 unspecified atom stereocenters. The number of rotatable bonds is 4. The summed E-state index contributed by atoms with van der Waals surface area (Å²) in [4.78, 5) is 28.0. The Labute approximate surface area is 146 Å². The van der Waals surface area contributed by atoms with Gasteiger partial charge in [0, 0.05) is 38.1 Å². The van der Waals surface area contributed by atoms with Gasteiger partial charge in [-0.25, -0.2) is 4.79 Å². The fourth-order valence-electron chi connectivity index (χ4n) is 5.69. The molecule has 1 heterocycles. The standard InChI is InChI=1S/C19H33N3O2/c1-20-19-12-18(14-23,9-15-7-5-4-6-8-15)10-16(19)11-22(13-19)17(24)21(2)3/h14-16,20H,4-13H2,1-3H3/t16-,18-,19-/m1/s1. The molecule has 0 spiro atoms. The highest BCUT2D eigenvalue weighted by Gasteiger charge is 2.59. The number of likely N-dealkylation sites (tertiary alicyclic amines) is 1. The summed E-state index contributed by atoms with van der Waals surface area (Å²) in [6.45, 7) is 1.50. The third kappa shape index (κ3) is 3.07. The number of nitrogens with one attached hydrogen (secondary N) is 1. The Morgan fingerprint density at radius 2 is 2.00 bits per heavy atom. The molecule has 3 rings (SSSR count). The number of carbonyl (C=O) groups is 2. The van der Waals surface area contributed by atoms with Crippen LogP contribution in [0.15, 0.2) is 0 Å². The zero-order valence-electron chi connectivity index (χ0n) is 15.5. The lowest BCUT2D eigenvalue weighted by Crippen LogP contribution is -2.49. The molecule has 3 atom stereocenters. The van der Waals surface area contributed by atoms with E-state index in [0.29, 0.717) is 5.92 Å². The van der Waals surface area contributed by atoms with E-state index in [0.717, 1.165) is 38.3 Å². The molecule has 2 aliphatic carbocycles. The Balaban J connectivity index is 1.72. The van der Waals surface area contributed by atoms with Gasteiger partial charge >= 0.3 is 6.03 Å². The maximum atomic E-state index is 12.3. The molecule has 0 bridgehead atoms. The Bertz CT molecular complexity index is 489. The molecular weight excluding hydrogens is 302 g/mol. The highest BCUT2D eigenvalue weighted by molar-refractivity contribution is 5.74. The van der Waals surface area contributed by atoms with Gasteiger partial charge in [-0.15, -0.1) is 0 Å². The molecule has 1 saturated heterocycles. The maximum Gasteiger partial charge on any atom is 0.319 e. The molecule has 136 valence electrons. The lowest BCUT2D eigenvalue weighted by atomic mass is 9.73. The summed E-state index contributed by atoms with van der Waals surface area (Å²) in [5, 5.41) is 3.52. The molecular formula is C19H33N3O2. The maximum absolute atomic E-state index is 12.3. The fourth-order valence-corrected chi connectivity index (χ4v) is 5.69. The van der Waals surface area contributed by atoms with E-state index >= 15 is 0 Å². The summed E-state index contributed by atoms with van der Waals surface area (Å²) >= 11 is 0. The zero-order valence-corrected chi connectivity index (χ0v) is 15.5. The third-order valence-electron chi connectivity index (χ3n) is 6.84. The second kappa shape index (κ2) is 6.66. The normalized spacial score (nSPS) is 36.6. The molecule has 0 radical (unpaired) electrons. The molecule has 3 aliphatic rings. The van der Waals surface area contributed by atoms with E-state index < -0.39 is 0 Å². The van der Waals surface area contributed by atoms with Crippen molar-refractivity contribution < 1.29 is 9.59 Å². The largest absolute Gasteiger partial charge is 0.331 e. The van der Waals surface area contributed by atoms with E-state index in [2.05, 4.69) is 5.32 Å². The van der Waals surface area contributed by atoms with Crippen LogP contribution in [0.5, 0.6) is 0 Å². The minimum absolute atomic E-state index is 0.0821. The molecule has 1 N–H and O–H groups in total. The van der Waals surface area contributed by atoms with E-state index in [1.54, 1.807) is 19.0 Å². The summed E-state index contributed by atoms with van der Waals surface area (Å²) in [5.41, 5.74) is -0.260. The summed E-state index contributed by atoms with van der Waals surface area (Å²) < 4.78 is 0. The number of likely N-dealkylation sites (N-methyl/N-ethyl adjacent to an activating group) is 1. The van der Waals surface area contributed by atoms with E-state index in [4.69, 9.17) is 0 Å². The fraction of sp³-hybridized carbons (Fsp3) is 0.895. The number of nitrogens with zero attached hydrogens (tertiary/aromatic N) is 2. The van der Waals surface area contributed by atoms with Crippen LogP contribution in [-0.4, -0.2) is 61.9 Å². The number of fused-ring (bicyclic) bond motifs is 1. The van der Waals surface area contributed by atoms with Crippen molar-refractivity contribution in [2.24, 2.45) is 17.3 Å². The first kappa shape index (κ1) is 17.7. The van der Waals surface area contributed by atoms with Gasteiger partial charge in [0.2, 0.25) is 0 Å². The molecule has 3 fully saturated rings. The Morgan fingerprint density at radius 1 is 1.29 bits per heavy atom. The van der Waals surface area contributed by atoms with Gasteiger partial charge in [-0.05, 0) is 38.1 Å². The Morgan fingerprint density at radius 3 is 2.54 bits per heavy atom. The first-order valence-electron chi connectivity index (χ1n) is 9.55. The lowest BCUT2D eigenvalue weighted by molar-refractivity contribution is -0.117. The summed E-state index contributed by atoms with van der Waals surface area (Å²) in [6.07, 6.45) is 10.7. The average molecular weight is 335 g/mol. The van der Waals surface area contributed by atoms with Gasteiger partial charge in [0.25, 0.3) is 0 Å². The van der Waals surface area contributed by atoms with Crippen LogP contribution in [0, 0.1) is 17.3 Å². The van der Waals surface area contributed by atoms with Gasteiger partial charge in [0.15, 0.2) is 0 Å². The number of urea groups is 1. The van der Waals surface area contributed by atoms with Crippen molar-refractivity contribution in [1.29, 1.82) is 0 Å². The van der Waals surface area contributed by atoms with Crippen LogP contribution in [0.2, 0.25) is 0 Å². The SMILES string of the molecule is CN[C@]12CN(C(=O)N(C)C)C[C@H]1C[C@](C=O)(CC1CCCCC1)C2. The van der Waals surface area contributed by atoms with Crippen molar-refractivity contribution >= 4 is 12.3 Å². The molecule has 0 aromatic heterocycles. The molecule has 2 saturated carbocycles. The monoisotopic (exact) mass is 335 g/mol. The summed E-state index contributed by atoms with van der Waals surface area (Å²) in [6, 6.07) is 0.0861. The second-order valence-corrected chi connectivity index (χ2v) is 8.73. The van der Waals surface area contributed by atoms with Gasteiger partial charge in [0.05, 0.1) is 0 Å². The van der Waals surface area contributed by atoms with Crippen LogP contribution in [0.25, 0.3) is 0 Å². The zero-order chi connectivity index (χ0) is 17.4. The van der Waals surface area contributed by atoms with E-state index in [-0.39, 0.29) is 17.0 Å². The summed E-state index contributed by atoms with van der Waals surface area (Å²) in [5.74, 6) is 1.11. The number of hydrogen-bond donors (Lipinski definition) is 1. The highest BCUT2D eigenvalue weighted by atomic mass is 16.2. The molecule has 24 heavy (non-hydrogen) atoms. The van der Waals surface area contributed by atoms with Gasteiger partial charge in [-0.1, -0.05) is 32.1 Å². The van der Waals surface area contributed by atoms with Crippen molar-refractivity contribution in [3.63, 3.8) is 0 Å². The van der Waals surface area contributed by atoms with Gasteiger partial charge in [0.1, 0.15) is 6.29 Å². The van der Waals surface area contributed by atoms with Crippen LogP contribution in [-0.2, 0) is 4.79 Å². The quantitative estimate of drug-likeness (QED) is 0.803. The molecule has 5 heteroatoms. The predicted molar refractivity (Wildman–Crippen MR) is 94.9 cm³/mol. The van der Waals surface area contributed by atoms with Crippen LogP contribution >= 0.6 is 0 Å². The van der Waals surface area contributed by atoms with Gasteiger partial charge < -0.3 is 19.9 Å². The van der Waals surface area contributed by atoms with Crippen LogP contribution in [0.3, 0.4) is 0 Å².